The summed E-state index contributed by atoms with van der Waals surface area (Å²) >= 11 is 0. The lowest BCUT2D eigenvalue weighted by atomic mass is 9.71. The van der Waals surface area contributed by atoms with Crippen LogP contribution in [-0.4, -0.2) is 47.4 Å². The molecule has 0 heterocycles. The Labute approximate surface area is 221 Å². The van der Waals surface area contributed by atoms with Crippen molar-refractivity contribution >= 4 is 20.0 Å². The standard InChI is InChI=1S/C27H40N2O6S2/c1-20(2)36(31,32)29-19-21(3)23-13-16-27(30,17-14-23)24-7-5-22(6-8-24)15-18-28-37(33,34)26-11-9-25(35-4)10-12-26/h5-12,20-21,23,28-30H,13-19H2,1-4H3. The van der Waals surface area contributed by atoms with E-state index >= 15 is 0 Å². The van der Waals surface area contributed by atoms with Crippen molar-refractivity contribution in [3.05, 3.63) is 59.7 Å². The van der Waals surface area contributed by atoms with Crippen LogP contribution in [-0.2, 0) is 32.1 Å². The Morgan fingerprint density at radius 2 is 1.54 bits per heavy atom. The SMILES string of the molecule is COc1ccc(S(=O)(=O)NCCc2ccc(C3(O)CCC(C(C)CNS(=O)(=O)C(C)C)CC3)cc2)cc1. The fourth-order valence-corrected chi connectivity index (χ4v) is 6.57. The Morgan fingerprint density at radius 1 is 0.946 bits per heavy atom. The lowest BCUT2D eigenvalue weighted by Crippen LogP contribution is -2.38. The summed E-state index contributed by atoms with van der Waals surface area (Å²) in [4.78, 5) is 0.188. The maximum absolute atomic E-state index is 12.5. The van der Waals surface area contributed by atoms with Gasteiger partial charge in [-0.3, -0.25) is 0 Å². The van der Waals surface area contributed by atoms with Gasteiger partial charge in [0.05, 0.1) is 22.9 Å². The average molecular weight is 553 g/mol. The third-order valence-electron chi connectivity index (χ3n) is 7.46. The van der Waals surface area contributed by atoms with Crippen molar-refractivity contribution in [2.24, 2.45) is 11.8 Å². The second-order valence-electron chi connectivity index (χ2n) is 10.3. The Balaban J connectivity index is 1.49. The summed E-state index contributed by atoms with van der Waals surface area (Å²) in [6.07, 6.45) is 3.44. The summed E-state index contributed by atoms with van der Waals surface area (Å²) in [6, 6.07) is 14.0. The fraction of sp³-hybridized carbons (Fsp3) is 0.556. The molecule has 2 aromatic rings. The first-order valence-corrected chi connectivity index (χ1v) is 15.8. The van der Waals surface area contributed by atoms with E-state index in [1.54, 1.807) is 26.0 Å². The molecular formula is C27H40N2O6S2. The quantitative estimate of drug-likeness (QED) is 0.370. The van der Waals surface area contributed by atoms with Gasteiger partial charge in [0.2, 0.25) is 20.0 Å². The van der Waals surface area contributed by atoms with Crippen LogP contribution in [0.4, 0.5) is 0 Å². The zero-order valence-corrected chi connectivity index (χ0v) is 23.7. The molecule has 8 nitrogen and oxygen atoms in total. The second-order valence-corrected chi connectivity index (χ2v) is 14.4. The summed E-state index contributed by atoms with van der Waals surface area (Å²) in [5.74, 6) is 1.15. The number of ether oxygens (including phenoxy) is 1. The van der Waals surface area contributed by atoms with Gasteiger partial charge >= 0.3 is 0 Å². The number of methoxy groups -OCH3 is 1. The van der Waals surface area contributed by atoms with Crippen molar-refractivity contribution in [3.63, 3.8) is 0 Å². The molecule has 1 atom stereocenters. The van der Waals surface area contributed by atoms with Gasteiger partial charge in [-0.25, -0.2) is 26.3 Å². The zero-order chi connectivity index (χ0) is 27.3. The van der Waals surface area contributed by atoms with Crippen molar-refractivity contribution < 1.29 is 26.7 Å². The van der Waals surface area contributed by atoms with E-state index in [1.165, 1.54) is 19.2 Å². The van der Waals surface area contributed by atoms with E-state index in [4.69, 9.17) is 4.74 Å². The minimum Gasteiger partial charge on any atom is -0.497 e. The Hall–Kier alpha value is -1.98. The van der Waals surface area contributed by atoms with Gasteiger partial charge < -0.3 is 9.84 Å². The molecule has 1 fully saturated rings. The predicted octanol–water partition coefficient (Wildman–Crippen LogP) is 3.56. The lowest BCUT2D eigenvalue weighted by molar-refractivity contribution is -0.0207. The van der Waals surface area contributed by atoms with Crippen LogP contribution in [0.15, 0.2) is 53.4 Å². The molecule has 37 heavy (non-hydrogen) atoms. The van der Waals surface area contributed by atoms with Gasteiger partial charge in [-0.1, -0.05) is 31.2 Å². The number of benzene rings is 2. The van der Waals surface area contributed by atoms with Crippen LogP contribution in [0.25, 0.3) is 0 Å². The van der Waals surface area contributed by atoms with Gasteiger partial charge in [-0.05, 0) is 93.2 Å². The molecule has 1 unspecified atom stereocenters. The van der Waals surface area contributed by atoms with Crippen molar-refractivity contribution in [1.29, 1.82) is 0 Å². The van der Waals surface area contributed by atoms with E-state index in [9.17, 15) is 21.9 Å². The molecule has 1 aliphatic carbocycles. The van der Waals surface area contributed by atoms with Gasteiger partial charge in [0.25, 0.3) is 0 Å². The predicted molar refractivity (Wildman–Crippen MR) is 145 cm³/mol. The molecule has 1 saturated carbocycles. The number of hydrogen-bond acceptors (Lipinski definition) is 6. The first-order chi connectivity index (χ1) is 17.4. The first-order valence-electron chi connectivity index (χ1n) is 12.8. The van der Waals surface area contributed by atoms with Crippen molar-refractivity contribution in [3.8, 4) is 5.75 Å². The second kappa shape index (κ2) is 12.3. The Morgan fingerprint density at radius 3 is 2.08 bits per heavy atom. The van der Waals surface area contributed by atoms with E-state index in [0.29, 0.717) is 37.5 Å². The molecule has 0 saturated heterocycles. The van der Waals surface area contributed by atoms with Crippen molar-refractivity contribution in [1.82, 2.24) is 9.44 Å². The van der Waals surface area contributed by atoms with E-state index in [2.05, 4.69) is 16.4 Å². The van der Waals surface area contributed by atoms with Crippen LogP contribution >= 0.6 is 0 Å². The summed E-state index contributed by atoms with van der Waals surface area (Å²) < 4.78 is 59.5. The van der Waals surface area contributed by atoms with Crippen LogP contribution in [0.2, 0.25) is 0 Å². The Bertz CT molecular complexity index is 1220. The summed E-state index contributed by atoms with van der Waals surface area (Å²) in [5, 5.41) is 10.8. The van der Waals surface area contributed by atoms with Crippen LogP contribution in [0.3, 0.4) is 0 Å². The molecular weight excluding hydrogens is 512 g/mol. The summed E-state index contributed by atoms with van der Waals surface area (Å²) in [6.45, 7) is 6.08. The van der Waals surface area contributed by atoms with Crippen LogP contribution in [0.1, 0.15) is 57.6 Å². The van der Waals surface area contributed by atoms with E-state index < -0.39 is 30.9 Å². The van der Waals surface area contributed by atoms with Crippen LogP contribution in [0, 0.1) is 11.8 Å². The minimum atomic E-state index is -3.60. The molecule has 206 valence electrons. The smallest absolute Gasteiger partial charge is 0.240 e. The Kier molecular flexibility index (Phi) is 9.79. The molecule has 3 rings (SSSR count). The molecule has 3 N–H and O–H groups in total. The zero-order valence-electron chi connectivity index (χ0n) is 22.1. The number of rotatable bonds is 12. The van der Waals surface area contributed by atoms with Crippen molar-refractivity contribution in [2.45, 2.75) is 68.6 Å². The van der Waals surface area contributed by atoms with E-state index in [1.807, 2.05) is 24.3 Å². The van der Waals surface area contributed by atoms with Crippen LogP contribution in [0.5, 0.6) is 5.75 Å². The molecule has 0 aliphatic heterocycles. The summed E-state index contributed by atoms with van der Waals surface area (Å²) in [5.41, 5.74) is 0.938. The number of sulfonamides is 2. The third kappa shape index (κ3) is 7.77. The molecule has 0 spiro atoms. The molecule has 0 radical (unpaired) electrons. The molecule has 10 heteroatoms. The molecule has 0 aromatic heterocycles. The van der Waals surface area contributed by atoms with Crippen molar-refractivity contribution in [2.75, 3.05) is 20.2 Å². The van der Waals surface area contributed by atoms with E-state index in [-0.39, 0.29) is 17.4 Å². The average Bonchev–Trinajstić information content (AvgIpc) is 2.88. The topological polar surface area (TPSA) is 122 Å². The van der Waals surface area contributed by atoms with Gasteiger partial charge in [0.1, 0.15) is 5.75 Å². The fourth-order valence-electron chi connectivity index (χ4n) is 4.71. The maximum atomic E-state index is 12.5. The number of aliphatic hydroxyl groups is 1. The maximum Gasteiger partial charge on any atom is 0.240 e. The lowest BCUT2D eigenvalue weighted by Gasteiger charge is -2.38. The third-order valence-corrected chi connectivity index (χ3v) is 10.7. The molecule has 0 bridgehead atoms. The molecule has 2 aromatic carbocycles. The highest BCUT2D eigenvalue weighted by Gasteiger charge is 2.36. The van der Waals surface area contributed by atoms with E-state index in [0.717, 1.165) is 24.0 Å². The largest absolute Gasteiger partial charge is 0.497 e. The molecule has 1 aliphatic rings. The van der Waals surface area contributed by atoms with Gasteiger partial charge in [-0.2, -0.15) is 0 Å². The molecule has 0 amide bonds. The normalized spacial score (nSPS) is 21.6. The van der Waals surface area contributed by atoms with Gasteiger partial charge in [-0.15, -0.1) is 0 Å². The van der Waals surface area contributed by atoms with Crippen LogP contribution < -0.4 is 14.2 Å². The highest BCUT2D eigenvalue weighted by atomic mass is 32.2. The number of nitrogens with one attached hydrogen (secondary N) is 2. The minimum absolute atomic E-state index is 0.188. The summed E-state index contributed by atoms with van der Waals surface area (Å²) in [7, 11) is -5.35. The highest BCUT2D eigenvalue weighted by Crippen LogP contribution is 2.41. The highest BCUT2D eigenvalue weighted by molar-refractivity contribution is 7.90. The number of hydrogen-bond donors (Lipinski definition) is 3. The van der Waals surface area contributed by atoms with Gasteiger partial charge in [0, 0.05) is 13.1 Å². The monoisotopic (exact) mass is 552 g/mol. The first kappa shape index (κ1) is 29.6. The van der Waals surface area contributed by atoms with Gasteiger partial charge in [0.15, 0.2) is 0 Å².